The van der Waals surface area contributed by atoms with E-state index in [-0.39, 0.29) is 40.7 Å². The van der Waals surface area contributed by atoms with Gasteiger partial charge in [0.1, 0.15) is 0 Å². The number of aromatic carboxylic acids is 2. The molecule has 2 aromatic rings. The predicted molar refractivity (Wildman–Crippen MR) is 74.4 cm³/mol. The van der Waals surface area contributed by atoms with Gasteiger partial charge in [0.05, 0.1) is 0 Å². The van der Waals surface area contributed by atoms with E-state index in [1.54, 1.807) is 18.2 Å². The molecule has 7 nitrogen and oxygen atoms in total. The van der Waals surface area contributed by atoms with Gasteiger partial charge in [0.15, 0.2) is 0 Å². The van der Waals surface area contributed by atoms with E-state index >= 15 is 0 Å². The Morgan fingerprint density at radius 3 is 2.00 bits per heavy atom. The number of carboxylic acids is 2. The summed E-state index contributed by atoms with van der Waals surface area (Å²) < 4.78 is 32.4. The van der Waals surface area contributed by atoms with Crippen LogP contribution in [0.4, 0.5) is 0 Å². The molecule has 0 spiro atoms. The van der Waals surface area contributed by atoms with Crippen molar-refractivity contribution >= 4 is 22.1 Å². The first-order valence-electron chi connectivity index (χ1n) is 5.81. The molecule has 0 unspecified atom stereocenters. The maximum absolute atomic E-state index is 11.6. The van der Waals surface area contributed by atoms with E-state index in [0.717, 1.165) is 6.07 Å². The van der Waals surface area contributed by atoms with Crippen LogP contribution >= 0.6 is 0 Å². The van der Waals surface area contributed by atoms with Crippen LogP contribution in [0.2, 0.25) is 0 Å². The third-order valence-corrected chi connectivity index (χ3v) is 3.75. The Kier molecular flexibility index (Phi) is 6.09. The molecule has 3 N–H and O–H groups in total. The van der Waals surface area contributed by atoms with E-state index in [4.69, 9.17) is 10.2 Å². The number of carbonyl (C=O) groups is 2. The molecule has 2 aromatic carbocycles. The minimum Gasteiger partial charge on any atom is -0.513 e. The first-order chi connectivity index (χ1) is 10.2. The molecule has 0 radical (unpaired) electrons. The summed E-state index contributed by atoms with van der Waals surface area (Å²) in [7, 11) is -4.90. The van der Waals surface area contributed by atoms with E-state index in [0.29, 0.717) is 0 Å². The van der Waals surface area contributed by atoms with Crippen molar-refractivity contribution in [1.82, 2.24) is 0 Å². The molecule has 0 atom stereocenters. The van der Waals surface area contributed by atoms with Gasteiger partial charge in [-0.1, -0.05) is 35.9 Å². The van der Waals surface area contributed by atoms with E-state index in [1.165, 1.54) is 12.1 Å². The Bertz CT molecular complexity index is 860. The Morgan fingerprint density at radius 2 is 1.57 bits per heavy atom. The minimum atomic E-state index is -4.90. The van der Waals surface area contributed by atoms with Crippen LogP contribution in [0.1, 0.15) is 20.7 Å². The molecule has 0 aliphatic rings. The average Bonchev–Trinajstić information content (AvgIpc) is 2.45. The van der Waals surface area contributed by atoms with Crippen LogP contribution in [-0.2, 0) is 10.1 Å². The van der Waals surface area contributed by atoms with Crippen molar-refractivity contribution in [3.05, 3.63) is 53.6 Å². The van der Waals surface area contributed by atoms with Gasteiger partial charge in [-0.15, -0.1) is 12.1 Å². The van der Waals surface area contributed by atoms with Crippen LogP contribution in [-0.4, -0.2) is 35.1 Å². The monoisotopic (exact) mass is 344 g/mol. The number of rotatable bonds is 4. The molecule has 0 amide bonds. The van der Waals surface area contributed by atoms with E-state index < -0.39 is 38.1 Å². The number of carboxylic acid groups (broad SMARTS) is 2. The molecule has 0 heterocycles. The van der Waals surface area contributed by atoms with E-state index in [9.17, 15) is 22.6 Å². The van der Waals surface area contributed by atoms with Crippen LogP contribution in [0.25, 0.3) is 11.1 Å². The average molecular weight is 344 g/mol. The van der Waals surface area contributed by atoms with Gasteiger partial charge in [0.2, 0.25) is 0 Å². The van der Waals surface area contributed by atoms with Gasteiger partial charge < -0.3 is 10.2 Å². The van der Waals surface area contributed by atoms with Crippen molar-refractivity contribution in [1.29, 1.82) is 0 Å². The number of hydrogen-bond acceptors (Lipinski definition) is 4. The molecule has 0 aliphatic carbocycles. The summed E-state index contributed by atoms with van der Waals surface area (Å²) in [6.45, 7) is 0. The molecule has 23 heavy (non-hydrogen) atoms. The fourth-order valence-corrected chi connectivity index (χ4v) is 2.79. The fourth-order valence-electron chi connectivity index (χ4n) is 1.94. The topological polar surface area (TPSA) is 129 Å². The second-order valence-corrected chi connectivity index (χ2v) is 5.61. The van der Waals surface area contributed by atoms with Gasteiger partial charge in [-0.25, -0.2) is 8.42 Å². The second kappa shape index (κ2) is 7.24. The van der Waals surface area contributed by atoms with Gasteiger partial charge in [-0.05, 0) is 16.7 Å². The molecule has 0 saturated carbocycles. The summed E-state index contributed by atoms with van der Waals surface area (Å²) in [4.78, 5) is 21.4. The first-order valence-corrected chi connectivity index (χ1v) is 7.25. The maximum atomic E-state index is 11.6. The summed E-state index contributed by atoms with van der Waals surface area (Å²) in [5.74, 6) is -3.19. The molecule has 2 rings (SSSR count). The molecule has 0 fully saturated rings. The molecule has 9 heteroatoms. The van der Waals surface area contributed by atoms with Gasteiger partial charge in [-0.3, -0.25) is 14.1 Å². The molecular formula is C14H9NaO7S. The fraction of sp³-hybridized carbons (Fsp3) is 0. The minimum absolute atomic E-state index is 0. The van der Waals surface area contributed by atoms with Crippen LogP contribution in [0.3, 0.4) is 0 Å². The van der Waals surface area contributed by atoms with Crippen molar-refractivity contribution in [2.75, 3.05) is 0 Å². The molecule has 0 aliphatic heterocycles. The van der Waals surface area contributed by atoms with Crippen molar-refractivity contribution in [3.63, 3.8) is 0 Å². The third kappa shape index (κ3) is 4.18. The summed E-state index contributed by atoms with van der Waals surface area (Å²) in [6, 6.07) is 10.6. The van der Waals surface area contributed by atoms with E-state index in [1.807, 2.05) is 6.07 Å². The van der Waals surface area contributed by atoms with Gasteiger partial charge in [-0.2, -0.15) is 0 Å². The van der Waals surface area contributed by atoms with Crippen LogP contribution in [0.15, 0.2) is 41.3 Å². The molecule has 0 saturated heterocycles. The Labute approximate surface area is 153 Å². The summed E-state index contributed by atoms with van der Waals surface area (Å²) >= 11 is 0. The van der Waals surface area contributed by atoms with Crippen LogP contribution in [0, 0.1) is 6.07 Å². The van der Waals surface area contributed by atoms with Gasteiger partial charge >= 0.3 is 29.6 Å². The van der Waals surface area contributed by atoms with E-state index in [2.05, 4.69) is 0 Å². The normalized spacial score (nSPS) is 10.7. The smallest absolute Gasteiger partial charge is 0.513 e. The van der Waals surface area contributed by atoms with Crippen molar-refractivity contribution < 1.29 is 62.3 Å². The Morgan fingerprint density at radius 1 is 1.00 bits per heavy atom. The third-order valence-electron chi connectivity index (χ3n) is 2.81. The predicted octanol–water partition coefficient (Wildman–Crippen LogP) is -1.20. The SMILES string of the molecule is O=C(O)c1[c-]c(C(=O)O)c(S(=O)(=O)O)c(-c2ccccc2)c1.[Na+]. The summed E-state index contributed by atoms with van der Waals surface area (Å²) in [5, 5.41) is 18.1. The number of hydrogen-bond donors (Lipinski definition) is 3. The van der Waals surface area contributed by atoms with Crippen molar-refractivity contribution in [2.45, 2.75) is 4.90 Å². The standard InChI is InChI=1S/C14H9O7S.Na/c15-13(16)9-6-10(8-4-2-1-3-5-8)12(22(19,20)21)11(7-9)14(17)18;/h1-6H,(H,15,16)(H,17,18)(H,19,20,21);/q-1;+1. The summed E-state index contributed by atoms with van der Waals surface area (Å²) in [6.07, 6.45) is 0. The molecule has 0 aromatic heterocycles. The largest absolute Gasteiger partial charge is 1.00 e. The Hall–Kier alpha value is -1.71. The summed E-state index contributed by atoms with van der Waals surface area (Å²) in [5.41, 5.74) is -1.43. The van der Waals surface area contributed by atoms with Gasteiger partial charge in [0, 0.05) is 4.90 Å². The van der Waals surface area contributed by atoms with Crippen LogP contribution < -0.4 is 29.6 Å². The number of benzene rings is 2. The molecular weight excluding hydrogens is 335 g/mol. The van der Waals surface area contributed by atoms with Crippen molar-refractivity contribution in [2.24, 2.45) is 0 Å². The second-order valence-electron chi connectivity index (χ2n) is 4.25. The zero-order valence-electron chi connectivity index (χ0n) is 11.8. The molecule has 0 bridgehead atoms. The quantitative estimate of drug-likeness (QED) is 0.361. The zero-order valence-corrected chi connectivity index (χ0v) is 14.7. The zero-order chi connectivity index (χ0) is 16.5. The Balaban J connectivity index is 0.00000264. The maximum Gasteiger partial charge on any atom is 1.00 e. The van der Waals surface area contributed by atoms with Gasteiger partial charge in [0.25, 0.3) is 22.1 Å². The van der Waals surface area contributed by atoms with Crippen LogP contribution in [0.5, 0.6) is 0 Å². The molecule has 114 valence electrons. The first kappa shape index (κ1) is 19.3. The van der Waals surface area contributed by atoms with Crippen molar-refractivity contribution in [3.8, 4) is 11.1 Å².